The van der Waals surface area contributed by atoms with Crippen molar-refractivity contribution in [2.24, 2.45) is 5.92 Å². The molecule has 1 unspecified atom stereocenters. The van der Waals surface area contributed by atoms with Crippen LogP contribution < -0.4 is 10.6 Å². The second kappa shape index (κ2) is 7.90. The fraction of sp³-hybridized carbons (Fsp3) is 0.389. The third-order valence-electron chi connectivity index (χ3n) is 4.46. The minimum absolute atomic E-state index is 0.115. The van der Waals surface area contributed by atoms with E-state index in [0.717, 1.165) is 37.8 Å². The summed E-state index contributed by atoms with van der Waals surface area (Å²) in [5.41, 5.74) is 0.871. The molecule has 8 heteroatoms. The van der Waals surface area contributed by atoms with Crippen LogP contribution in [0.25, 0.3) is 11.3 Å². The summed E-state index contributed by atoms with van der Waals surface area (Å²) in [6, 6.07) is 2.94. The molecule has 138 valence electrons. The normalized spacial score (nSPS) is 15.7. The van der Waals surface area contributed by atoms with Crippen LogP contribution in [0.15, 0.2) is 23.6 Å². The Morgan fingerprint density at radius 1 is 1.23 bits per heavy atom. The number of hydrogen-bond donors (Lipinski definition) is 2. The lowest BCUT2D eigenvalue weighted by Crippen LogP contribution is -2.47. The van der Waals surface area contributed by atoms with E-state index in [2.05, 4.69) is 15.6 Å². The molecule has 0 radical (unpaired) electrons. The van der Waals surface area contributed by atoms with Crippen molar-refractivity contribution in [3.05, 3.63) is 35.2 Å². The van der Waals surface area contributed by atoms with Crippen molar-refractivity contribution >= 4 is 28.3 Å². The Hall–Kier alpha value is -2.35. The molecule has 0 aliphatic heterocycles. The summed E-state index contributed by atoms with van der Waals surface area (Å²) in [5, 5.41) is 7.46. The summed E-state index contributed by atoms with van der Waals surface area (Å²) < 4.78 is 26.4. The topological polar surface area (TPSA) is 71.1 Å². The van der Waals surface area contributed by atoms with E-state index in [9.17, 15) is 18.4 Å². The molecule has 1 aromatic carbocycles. The highest BCUT2D eigenvalue weighted by Crippen LogP contribution is 2.30. The summed E-state index contributed by atoms with van der Waals surface area (Å²) in [7, 11) is 0. The van der Waals surface area contributed by atoms with Crippen LogP contribution in [0.1, 0.15) is 32.6 Å². The van der Waals surface area contributed by atoms with E-state index in [0.29, 0.717) is 16.4 Å². The number of carbonyl (C=O) groups excluding carboxylic acids is 2. The van der Waals surface area contributed by atoms with Crippen LogP contribution in [-0.2, 0) is 9.59 Å². The molecule has 1 heterocycles. The van der Waals surface area contributed by atoms with E-state index in [4.69, 9.17) is 0 Å². The van der Waals surface area contributed by atoms with Gasteiger partial charge in [0.1, 0.15) is 6.04 Å². The quantitative estimate of drug-likeness (QED) is 0.832. The second-order valence-corrected chi connectivity index (χ2v) is 7.24. The van der Waals surface area contributed by atoms with Gasteiger partial charge in [-0.25, -0.2) is 13.8 Å². The lowest BCUT2D eigenvalue weighted by atomic mass is 9.97. The molecule has 2 aromatic rings. The van der Waals surface area contributed by atoms with Gasteiger partial charge in [0.25, 0.3) is 0 Å². The van der Waals surface area contributed by atoms with Gasteiger partial charge in [-0.15, -0.1) is 11.3 Å². The minimum atomic E-state index is -0.951. The van der Waals surface area contributed by atoms with Gasteiger partial charge in [0, 0.05) is 17.9 Å². The van der Waals surface area contributed by atoms with Crippen LogP contribution in [0.3, 0.4) is 0 Å². The number of carbonyl (C=O) groups is 2. The maximum absolute atomic E-state index is 13.4. The number of aromatic nitrogens is 1. The van der Waals surface area contributed by atoms with Crippen LogP contribution in [0.4, 0.5) is 13.9 Å². The predicted molar refractivity (Wildman–Crippen MR) is 95.7 cm³/mol. The maximum atomic E-state index is 13.4. The van der Waals surface area contributed by atoms with Crippen molar-refractivity contribution in [2.75, 3.05) is 5.32 Å². The summed E-state index contributed by atoms with van der Waals surface area (Å²) >= 11 is 1.19. The first-order valence-corrected chi connectivity index (χ1v) is 9.31. The van der Waals surface area contributed by atoms with Crippen molar-refractivity contribution in [1.29, 1.82) is 0 Å². The number of amides is 2. The zero-order valence-electron chi connectivity index (χ0n) is 14.2. The van der Waals surface area contributed by atoms with Crippen LogP contribution in [0.5, 0.6) is 0 Å². The first-order chi connectivity index (χ1) is 12.4. The average Bonchev–Trinajstić information content (AvgIpc) is 3.27. The van der Waals surface area contributed by atoms with Crippen molar-refractivity contribution < 1.29 is 18.4 Å². The highest BCUT2D eigenvalue weighted by atomic mass is 32.1. The molecule has 1 saturated carbocycles. The Morgan fingerprint density at radius 2 is 1.96 bits per heavy atom. The SMILES string of the molecule is CC(=O)NC(C(=O)Nc1nc(-c2ccc(F)c(F)c2)cs1)C1CCCC1. The van der Waals surface area contributed by atoms with Gasteiger partial charge in [-0.2, -0.15) is 0 Å². The van der Waals surface area contributed by atoms with E-state index >= 15 is 0 Å². The van der Waals surface area contributed by atoms with E-state index in [-0.39, 0.29) is 17.7 Å². The number of nitrogens with one attached hydrogen (secondary N) is 2. The molecule has 1 aliphatic carbocycles. The number of nitrogens with zero attached hydrogens (tertiary/aromatic N) is 1. The van der Waals surface area contributed by atoms with Gasteiger partial charge >= 0.3 is 0 Å². The summed E-state index contributed by atoms with van der Waals surface area (Å²) in [6.45, 7) is 1.39. The highest BCUT2D eigenvalue weighted by Gasteiger charge is 2.31. The van der Waals surface area contributed by atoms with Crippen molar-refractivity contribution in [3.63, 3.8) is 0 Å². The van der Waals surface area contributed by atoms with Gasteiger partial charge in [-0.1, -0.05) is 12.8 Å². The smallest absolute Gasteiger partial charge is 0.249 e. The number of benzene rings is 1. The zero-order valence-corrected chi connectivity index (χ0v) is 15.0. The first-order valence-electron chi connectivity index (χ1n) is 8.43. The van der Waals surface area contributed by atoms with Crippen LogP contribution in [0.2, 0.25) is 0 Å². The third kappa shape index (κ3) is 4.24. The van der Waals surface area contributed by atoms with Gasteiger partial charge in [-0.3, -0.25) is 9.59 Å². The molecule has 1 atom stereocenters. The van der Waals surface area contributed by atoms with Crippen LogP contribution in [0, 0.1) is 17.6 Å². The van der Waals surface area contributed by atoms with Gasteiger partial charge in [0.05, 0.1) is 5.69 Å². The number of rotatable bonds is 5. The van der Waals surface area contributed by atoms with Crippen molar-refractivity contribution in [2.45, 2.75) is 38.6 Å². The van der Waals surface area contributed by atoms with Crippen LogP contribution in [-0.4, -0.2) is 22.8 Å². The van der Waals surface area contributed by atoms with E-state index < -0.39 is 17.7 Å². The molecule has 0 bridgehead atoms. The number of halogens is 2. The highest BCUT2D eigenvalue weighted by molar-refractivity contribution is 7.14. The lowest BCUT2D eigenvalue weighted by Gasteiger charge is -2.22. The molecule has 26 heavy (non-hydrogen) atoms. The van der Waals surface area contributed by atoms with Crippen molar-refractivity contribution in [1.82, 2.24) is 10.3 Å². The van der Waals surface area contributed by atoms with E-state index in [1.165, 1.54) is 24.3 Å². The molecular formula is C18H19F2N3O2S. The monoisotopic (exact) mass is 379 g/mol. The van der Waals surface area contributed by atoms with Crippen molar-refractivity contribution in [3.8, 4) is 11.3 Å². The van der Waals surface area contributed by atoms with Gasteiger partial charge < -0.3 is 10.6 Å². The fourth-order valence-electron chi connectivity index (χ4n) is 3.21. The Morgan fingerprint density at radius 3 is 2.62 bits per heavy atom. The number of hydrogen-bond acceptors (Lipinski definition) is 4. The third-order valence-corrected chi connectivity index (χ3v) is 5.22. The molecule has 0 spiro atoms. The Labute approximate surface area is 153 Å². The molecule has 5 nitrogen and oxygen atoms in total. The van der Waals surface area contributed by atoms with E-state index in [1.54, 1.807) is 5.38 Å². The molecule has 1 aromatic heterocycles. The number of thiazole rings is 1. The first kappa shape index (κ1) is 18.4. The molecule has 0 saturated heterocycles. The second-order valence-electron chi connectivity index (χ2n) is 6.38. The average molecular weight is 379 g/mol. The van der Waals surface area contributed by atoms with Gasteiger partial charge in [0.15, 0.2) is 16.8 Å². The Balaban J connectivity index is 1.73. The molecule has 1 fully saturated rings. The molecule has 2 amide bonds. The van der Waals surface area contributed by atoms with Gasteiger partial charge in [-0.05, 0) is 37.0 Å². The molecule has 2 N–H and O–H groups in total. The summed E-state index contributed by atoms with van der Waals surface area (Å²) in [5.74, 6) is -2.32. The minimum Gasteiger partial charge on any atom is -0.344 e. The molecule has 3 rings (SSSR count). The van der Waals surface area contributed by atoms with E-state index in [1.807, 2.05) is 0 Å². The maximum Gasteiger partial charge on any atom is 0.249 e. The molecular weight excluding hydrogens is 360 g/mol. The lowest BCUT2D eigenvalue weighted by molar-refractivity contribution is -0.126. The predicted octanol–water partition coefficient (Wildman–Crippen LogP) is 3.72. The number of anilines is 1. The molecule has 1 aliphatic rings. The summed E-state index contributed by atoms with van der Waals surface area (Å²) in [6.07, 6.45) is 3.89. The zero-order chi connectivity index (χ0) is 18.7. The fourth-order valence-corrected chi connectivity index (χ4v) is 3.93. The standard InChI is InChI=1S/C18H19F2N3O2S/c1-10(24)21-16(11-4-2-3-5-11)17(25)23-18-22-15(9-26-18)12-6-7-13(19)14(20)8-12/h6-9,11,16H,2-5H2,1H3,(H,21,24)(H,22,23,25). The van der Waals surface area contributed by atoms with Crippen LogP contribution >= 0.6 is 11.3 Å². The summed E-state index contributed by atoms with van der Waals surface area (Å²) in [4.78, 5) is 28.3. The largest absolute Gasteiger partial charge is 0.344 e. The Kier molecular flexibility index (Phi) is 5.61. The Bertz CT molecular complexity index is 819. The van der Waals surface area contributed by atoms with Gasteiger partial charge in [0.2, 0.25) is 11.8 Å².